The lowest BCUT2D eigenvalue weighted by Gasteiger charge is -1.80. The minimum absolute atomic E-state index is 0.167. The highest BCUT2D eigenvalue weighted by atomic mass is 16.3. The van der Waals surface area contributed by atoms with Crippen LogP contribution in [0.5, 0.6) is 0 Å². The summed E-state index contributed by atoms with van der Waals surface area (Å²) in [6.07, 6.45) is 0.583. The minimum Gasteiger partial charge on any atom is -0.394 e. The summed E-state index contributed by atoms with van der Waals surface area (Å²) in [5.41, 5.74) is 4.39. The predicted octanol–water partition coefficient (Wildman–Crippen LogP) is -0.0607. The number of hydrogen-bond donors (Lipinski definition) is 3. The van der Waals surface area contributed by atoms with Gasteiger partial charge in [-0.3, -0.25) is 5.41 Å². The van der Waals surface area contributed by atoms with Crippen LogP contribution in [0.1, 0.15) is 13.8 Å². The van der Waals surface area contributed by atoms with Gasteiger partial charge in [-0.25, -0.2) is 0 Å². The Balaban J connectivity index is 0. The molecule has 0 aliphatic heterocycles. The molecule has 0 amide bonds. The Labute approximate surface area is 43.7 Å². The first kappa shape index (κ1) is 9.66. The third-order valence-corrected chi connectivity index (χ3v) is 0. The molecule has 0 aromatic carbocycles. The molecule has 0 saturated carbocycles. The topological polar surface area (TPSA) is 70.1 Å². The van der Waals surface area contributed by atoms with Gasteiger partial charge in [-0.05, 0) is 13.8 Å². The van der Waals surface area contributed by atoms with E-state index in [1.54, 1.807) is 13.8 Å². The molecule has 0 aliphatic rings. The highest BCUT2D eigenvalue weighted by Gasteiger charge is 1.69. The van der Waals surface area contributed by atoms with Crippen LogP contribution in [0.15, 0.2) is 0 Å². The molecule has 0 fully saturated rings. The molecule has 0 aromatic rings. The van der Waals surface area contributed by atoms with Gasteiger partial charge in [0.1, 0.15) is 0 Å². The predicted molar refractivity (Wildman–Crippen MR) is 30.3 cm³/mol. The van der Waals surface area contributed by atoms with E-state index in [1.165, 1.54) is 0 Å². The summed E-state index contributed by atoms with van der Waals surface area (Å²) in [6, 6.07) is 0. The summed E-state index contributed by atoms with van der Waals surface area (Å²) in [5, 5.41) is 13.9. The largest absolute Gasteiger partial charge is 0.394 e. The summed E-state index contributed by atoms with van der Waals surface area (Å²) in [7, 11) is 0. The van der Waals surface area contributed by atoms with E-state index in [0.29, 0.717) is 0 Å². The van der Waals surface area contributed by atoms with Crippen LogP contribution >= 0.6 is 0 Å². The van der Waals surface area contributed by atoms with Crippen molar-refractivity contribution in [1.82, 2.24) is 0 Å². The van der Waals surface area contributed by atoms with E-state index in [1.807, 2.05) is 0 Å². The quantitative estimate of drug-likeness (QED) is 0.297. The first-order valence-electron chi connectivity index (χ1n) is 2.03. The molecular formula is C4H12N2O. The molecule has 0 radical (unpaired) electrons. The number of nitrogens with two attached hydrogens (primary N) is 1. The molecule has 3 nitrogen and oxygen atoms in total. The average molecular weight is 104 g/mol. The Morgan fingerprint density at radius 3 is 1.71 bits per heavy atom. The maximum absolute atomic E-state index is 8.06. The fourth-order valence-electron chi connectivity index (χ4n) is 0. The van der Waals surface area contributed by atoms with Gasteiger partial charge < -0.3 is 10.8 Å². The van der Waals surface area contributed by atoms with Crippen molar-refractivity contribution in [3.63, 3.8) is 0 Å². The molecule has 0 aromatic heterocycles. The van der Waals surface area contributed by atoms with Crippen molar-refractivity contribution in [1.29, 1.82) is 5.41 Å². The Kier molecular flexibility index (Phi) is 12.5. The molecule has 0 heterocycles. The zero-order valence-corrected chi connectivity index (χ0v) is 4.68. The summed E-state index contributed by atoms with van der Waals surface area (Å²) in [5.74, 6) is 0. The van der Waals surface area contributed by atoms with Crippen LogP contribution in [0.4, 0.5) is 0 Å². The van der Waals surface area contributed by atoms with Gasteiger partial charge in [-0.2, -0.15) is 0 Å². The van der Waals surface area contributed by atoms with Gasteiger partial charge in [-0.15, -0.1) is 0 Å². The van der Waals surface area contributed by atoms with E-state index in [9.17, 15) is 0 Å². The number of nitrogens with one attached hydrogen (secondary N) is 1. The van der Waals surface area contributed by atoms with E-state index >= 15 is 0 Å². The number of hydrogen-bond acceptors (Lipinski definition) is 2. The third kappa shape index (κ3) is 197. The van der Waals surface area contributed by atoms with Gasteiger partial charge in [0.2, 0.25) is 0 Å². The molecule has 0 bridgehead atoms. The molecule has 0 spiro atoms. The lowest BCUT2D eigenvalue weighted by molar-refractivity contribution is 0.216. The van der Waals surface area contributed by atoms with E-state index in [0.717, 1.165) is 6.34 Å². The fraction of sp³-hybridized carbons (Fsp3) is 0.750. The minimum atomic E-state index is -0.167. The number of aliphatic hydroxyl groups excluding tert-OH is 1. The van der Waals surface area contributed by atoms with Crippen LogP contribution in [-0.2, 0) is 0 Å². The molecule has 0 rings (SSSR count). The van der Waals surface area contributed by atoms with Crippen LogP contribution in [0, 0.1) is 5.41 Å². The van der Waals surface area contributed by atoms with Crippen LogP contribution in [0.3, 0.4) is 0 Å². The highest BCUT2D eigenvalue weighted by molar-refractivity contribution is 5.46. The molecule has 44 valence electrons. The van der Waals surface area contributed by atoms with Crippen molar-refractivity contribution >= 4 is 6.34 Å². The van der Waals surface area contributed by atoms with Crippen LogP contribution < -0.4 is 5.73 Å². The molecule has 3 heteroatoms. The molecule has 0 aliphatic carbocycles. The van der Waals surface area contributed by atoms with Crippen LogP contribution in [-0.4, -0.2) is 17.5 Å². The normalized spacial score (nSPS) is 6.86. The second kappa shape index (κ2) is 9.06. The van der Waals surface area contributed by atoms with E-state index < -0.39 is 0 Å². The number of rotatable bonds is 0. The lowest BCUT2D eigenvalue weighted by Crippen LogP contribution is -1.85. The lowest BCUT2D eigenvalue weighted by atomic mass is 10.5. The van der Waals surface area contributed by atoms with Crippen molar-refractivity contribution < 1.29 is 5.11 Å². The number of aliphatic hydroxyl groups is 1. The van der Waals surface area contributed by atoms with Crippen molar-refractivity contribution in [3.8, 4) is 0 Å². The zero-order chi connectivity index (χ0) is 6.28. The van der Waals surface area contributed by atoms with E-state index in [-0.39, 0.29) is 6.10 Å². The first-order chi connectivity index (χ1) is 3.15. The molecule has 4 N–H and O–H groups in total. The highest BCUT2D eigenvalue weighted by Crippen LogP contribution is 1.65. The second-order valence-corrected chi connectivity index (χ2v) is 1.26. The van der Waals surface area contributed by atoms with Gasteiger partial charge >= 0.3 is 0 Å². The summed E-state index contributed by atoms with van der Waals surface area (Å²) < 4.78 is 0. The first-order valence-corrected chi connectivity index (χ1v) is 2.03. The molecule has 7 heavy (non-hydrogen) atoms. The second-order valence-electron chi connectivity index (χ2n) is 1.26. The van der Waals surface area contributed by atoms with Crippen LogP contribution in [0.25, 0.3) is 0 Å². The summed E-state index contributed by atoms with van der Waals surface area (Å²) in [6.45, 7) is 3.44. The molecular weight excluding hydrogens is 92.1 g/mol. The molecule has 0 unspecified atom stereocenters. The Morgan fingerprint density at radius 1 is 1.71 bits per heavy atom. The summed E-state index contributed by atoms with van der Waals surface area (Å²) in [4.78, 5) is 0. The standard InChI is InChI=1S/C3H8O.CH4N2/c1-3(2)4;2-1-3/h3-4H,1-2H3;1H,(H3,2,3). The molecule has 0 atom stereocenters. The Bertz CT molecular complexity index is 33.9. The van der Waals surface area contributed by atoms with Gasteiger partial charge in [0, 0.05) is 6.10 Å². The smallest absolute Gasteiger partial charge is 0.0765 e. The Morgan fingerprint density at radius 2 is 1.71 bits per heavy atom. The van der Waals surface area contributed by atoms with Crippen molar-refractivity contribution in [2.24, 2.45) is 5.73 Å². The molecule has 0 saturated heterocycles. The van der Waals surface area contributed by atoms with Gasteiger partial charge in [0.25, 0.3) is 0 Å². The third-order valence-electron chi connectivity index (χ3n) is 0. The SMILES string of the molecule is CC(C)O.N=CN. The van der Waals surface area contributed by atoms with E-state index in [2.05, 4.69) is 5.73 Å². The van der Waals surface area contributed by atoms with Crippen molar-refractivity contribution in [2.45, 2.75) is 20.0 Å². The average Bonchev–Trinajstić information content (AvgIpc) is 1.33. The fourth-order valence-corrected chi connectivity index (χ4v) is 0. The Hall–Kier alpha value is -0.570. The monoisotopic (exact) mass is 104 g/mol. The van der Waals surface area contributed by atoms with Crippen molar-refractivity contribution in [3.05, 3.63) is 0 Å². The van der Waals surface area contributed by atoms with Gasteiger partial charge in [-0.1, -0.05) is 0 Å². The van der Waals surface area contributed by atoms with Gasteiger partial charge in [0.05, 0.1) is 6.34 Å². The zero-order valence-electron chi connectivity index (χ0n) is 4.68. The van der Waals surface area contributed by atoms with Gasteiger partial charge in [0.15, 0.2) is 0 Å². The summed E-state index contributed by atoms with van der Waals surface area (Å²) >= 11 is 0. The maximum Gasteiger partial charge on any atom is 0.0765 e. The van der Waals surface area contributed by atoms with Crippen molar-refractivity contribution in [2.75, 3.05) is 0 Å². The van der Waals surface area contributed by atoms with E-state index in [4.69, 9.17) is 10.5 Å². The van der Waals surface area contributed by atoms with Crippen LogP contribution in [0.2, 0.25) is 0 Å². The maximum atomic E-state index is 8.06.